The highest BCUT2D eigenvalue weighted by Gasteiger charge is 2.24. The first-order chi connectivity index (χ1) is 12.2. The Balaban J connectivity index is 2.10. The SMILES string of the molecule is CCOc1ccc(S(=O)(=O)N(C)CC(=O)Nc2cccc(F)c2)cc1Cl. The summed E-state index contributed by atoms with van der Waals surface area (Å²) < 4.78 is 44.5. The third-order valence-electron chi connectivity index (χ3n) is 3.39. The number of rotatable bonds is 7. The third-order valence-corrected chi connectivity index (χ3v) is 5.48. The summed E-state index contributed by atoms with van der Waals surface area (Å²) in [6.07, 6.45) is 0. The average Bonchev–Trinajstić information content (AvgIpc) is 2.56. The lowest BCUT2D eigenvalue weighted by Crippen LogP contribution is -2.35. The molecule has 0 saturated heterocycles. The average molecular weight is 401 g/mol. The van der Waals surface area contributed by atoms with Gasteiger partial charge in [-0.1, -0.05) is 17.7 Å². The molecule has 140 valence electrons. The van der Waals surface area contributed by atoms with Crippen molar-refractivity contribution >= 4 is 33.2 Å². The van der Waals surface area contributed by atoms with Crippen LogP contribution in [0, 0.1) is 5.82 Å². The number of anilines is 1. The van der Waals surface area contributed by atoms with Crippen molar-refractivity contribution in [3.8, 4) is 5.75 Å². The predicted molar refractivity (Wildman–Crippen MR) is 97.5 cm³/mol. The molecular formula is C17H18ClFN2O4S. The van der Waals surface area contributed by atoms with E-state index in [0.29, 0.717) is 12.4 Å². The van der Waals surface area contributed by atoms with Gasteiger partial charge in [-0.2, -0.15) is 4.31 Å². The summed E-state index contributed by atoms with van der Waals surface area (Å²) in [5, 5.41) is 2.60. The molecule has 0 aliphatic heterocycles. The van der Waals surface area contributed by atoms with Crippen molar-refractivity contribution in [3.63, 3.8) is 0 Å². The second-order valence-electron chi connectivity index (χ2n) is 5.34. The number of ether oxygens (including phenoxy) is 1. The van der Waals surface area contributed by atoms with Crippen LogP contribution in [-0.2, 0) is 14.8 Å². The molecule has 0 aliphatic carbocycles. The van der Waals surface area contributed by atoms with E-state index in [1.807, 2.05) is 0 Å². The van der Waals surface area contributed by atoms with Gasteiger partial charge >= 0.3 is 0 Å². The molecule has 0 radical (unpaired) electrons. The van der Waals surface area contributed by atoms with Gasteiger partial charge in [0.05, 0.1) is 23.1 Å². The molecule has 0 aliphatic rings. The molecule has 0 atom stereocenters. The summed E-state index contributed by atoms with van der Waals surface area (Å²) in [5.41, 5.74) is 0.241. The smallest absolute Gasteiger partial charge is 0.243 e. The first kappa shape index (κ1) is 20.2. The Morgan fingerprint density at radius 3 is 2.62 bits per heavy atom. The molecule has 1 N–H and O–H groups in total. The molecule has 0 aromatic heterocycles. The van der Waals surface area contributed by atoms with Crippen LogP contribution < -0.4 is 10.1 Å². The number of amides is 1. The minimum atomic E-state index is -3.93. The molecule has 2 rings (SSSR count). The molecule has 0 spiro atoms. The number of hydrogen-bond donors (Lipinski definition) is 1. The fourth-order valence-corrected chi connectivity index (χ4v) is 3.60. The Labute approximate surface area is 156 Å². The molecule has 0 unspecified atom stereocenters. The maximum Gasteiger partial charge on any atom is 0.243 e. The Morgan fingerprint density at radius 1 is 1.27 bits per heavy atom. The summed E-state index contributed by atoms with van der Waals surface area (Å²) in [6, 6.07) is 9.39. The fraction of sp³-hybridized carbons (Fsp3) is 0.235. The molecule has 1 amide bonds. The number of carbonyl (C=O) groups excluding carboxylic acids is 1. The van der Waals surface area contributed by atoms with E-state index in [2.05, 4.69) is 5.32 Å². The van der Waals surface area contributed by atoms with Gasteiger partial charge in [0, 0.05) is 12.7 Å². The van der Waals surface area contributed by atoms with Crippen LogP contribution in [0.2, 0.25) is 5.02 Å². The Kier molecular flexibility index (Phi) is 6.57. The summed E-state index contributed by atoms with van der Waals surface area (Å²) in [5.74, 6) is -0.730. The Bertz CT molecular complexity index is 905. The number of sulfonamides is 1. The van der Waals surface area contributed by atoms with Gasteiger partial charge in [-0.05, 0) is 43.3 Å². The van der Waals surface area contributed by atoms with Crippen LogP contribution in [0.15, 0.2) is 47.4 Å². The van der Waals surface area contributed by atoms with Crippen molar-refractivity contribution in [2.45, 2.75) is 11.8 Å². The largest absolute Gasteiger partial charge is 0.492 e. The molecular weight excluding hydrogens is 383 g/mol. The van der Waals surface area contributed by atoms with Crippen molar-refractivity contribution in [2.24, 2.45) is 0 Å². The summed E-state index contributed by atoms with van der Waals surface area (Å²) in [4.78, 5) is 12.0. The molecule has 2 aromatic rings. The molecule has 0 heterocycles. The number of halogens is 2. The van der Waals surface area contributed by atoms with Crippen molar-refractivity contribution < 1.29 is 22.3 Å². The second-order valence-corrected chi connectivity index (χ2v) is 7.80. The van der Waals surface area contributed by atoms with Gasteiger partial charge in [-0.3, -0.25) is 4.79 Å². The first-order valence-corrected chi connectivity index (χ1v) is 9.50. The zero-order valence-corrected chi connectivity index (χ0v) is 15.8. The van der Waals surface area contributed by atoms with Crippen molar-refractivity contribution in [3.05, 3.63) is 53.3 Å². The van der Waals surface area contributed by atoms with Gasteiger partial charge in [-0.25, -0.2) is 12.8 Å². The maximum absolute atomic E-state index is 13.1. The van der Waals surface area contributed by atoms with E-state index in [0.717, 1.165) is 10.4 Å². The summed E-state index contributed by atoms with van der Waals surface area (Å²) in [6.45, 7) is 1.74. The molecule has 9 heteroatoms. The Hall–Kier alpha value is -2.16. The standard InChI is InChI=1S/C17H18ClFN2O4S/c1-3-25-16-8-7-14(10-15(16)18)26(23,24)21(2)11-17(22)20-13-6-4-5-12(19)9-13/h4-10H,3,11H2,1-2H3,(H,20,22). The van der Waals surface area contributed by atoms with E-state index >= 15 is 0 Å². The highest BCUT2D eigenvalue weighted by atomic mass is 35.5. The molecule has 0 bridgehead atoms. The topological polar surface area (TPSA) is 75.7 Å². The highest BCUT2D eigenvalue weighted by Crippen LogP contribution is 2.28. The zero-order valence-electron chi connectivity index (χ0n) is 14.2. The normalized spacial score (nSPS) is 11.4. The predicted octanol–water partition coefficient (Wildman–Crippen LogP) is 3.14. The van der Waals surface area contributed by atoms with Crippen LogP contribution in [0.5, 0.6) is 5.75 Å². The fourth-order valence-electron chi connectivity index (χ4n) is 2.15. The summed E-state index contributed by atoms with van der Waals surface area (Å²) in [7, 11) is -2.66. The van der Waals surface area contributed by atoms with Gasteiger partial charge in [0.15, 0.2) is 0 Å². The maximum atomic E-state index is 13.1. The van der Waals surface area contributed by atoms with Crippen molar-refractivity contribution in [1.82, 2.24) is 4.31 Å². The molecule has 6 nitrogen and oxygen atoms in total. The number of likely N-dealkylation sites (N-methyl/N-ethyl adjacent to an activating group) is 1. The minimum absolute atomic E-state index is 0.0630. The molecule has 26 heavy (non-hydrogen) atoms. The lowest BCUT2D eigenvalue weighted by atomic mass is 10.3. The summed E-state index contributed by atoms with van der Waals surface area (Å²) >= 11 is 6.02. The van der Waals surface area contributed by atoms with Crippen molar-refractivity contribution in [1.29, 1.82) is 0 Å². The zero-order chi connectivity index (χ0) is 19.3. The van der Waals surface area contributed by atoms with E-state index in [1.165, 1.54) is 43.4 Å². The monoisotopic (exact) mass is 400 g/mol. The van der Waals surface area contributed by atoms with E-state index in [9.17, 15) is 17.6 Å². The quantitative estimate of drug-likeness (QED) is 0.774. The third kappa shape index (κ3) is 4.94. The van der Waals surface area contributed by atoms with Gasteiger partial charge < -0.3 is 10.1 Å². The lowest BCUT2D eigenvalue weighted by molar-refractivity contribution is -0.116. The van der Waals surface area contributed by atoms with Gasteiger partial charge in [0.2, 0.25) is 15.9 Å². The molecule has 0 saturated carbocycles. The van der Waals surface area contributed by atoms with Gasteiger partial charge in [-0.15, -0.1) is 0 Å². The number of hydrogen-bond acceptors (Lipinski definition) is 4. The van der Waals surface area contributed by atoms with Gasteiger partial charge in [0.25, 0.3) is 0 Å². The highest BCUT2D eigenvalue weighted by molar-refractivity contribution is 7.89. The van der Waals surface area contributed by atoms with E-state index < -0.39 is 28.3 Å². The number of benzene rings is 2. The van der Waals surface area contributed by atoms with Crippen LogP contribution in [0.4, 0.5) is 10.1 Å². The number of carbonyl (C=O) groups is 1. The number of nitrogens with zero attached hydrogens (tertiary/aromatic N) is 1. The van der Waals surface area contributed by atoms with Crippen LogP contribution in [0.3, 0.4) is 0 Å². The van der Waals surface area contributed by atoms with Crippen LogP contribution in [0.25, 0.3) is 0 Å². The second kappa shape index (κ2) is 8.48. The van der Waals surface area contributed by atoms with Crippen LogP contribution >= 0.6 is 11.6 Å². The van der Waals surface area contributed by atoms with E-state index in [1.54, 1.807) is 6.92 Å². The lowest BCUT2D eigenvalue weighted by Gasteiger charge is -2.17. The van der Waals surface area contributed by atoms with Crippen LogP contribution in [0.1, 0.15) is 6.92 Å². The molecule has 0 fully saturated rings. The molecule has 2 aromatic carbocycles. The Morgan fingerprint density at radius 2 is 2.00 bits per heavy atom. The minimum Gasteiger partial charge on any atom is -0.492 e. The number of nitrogens with one attached hydrogen (secondary N) is 1. The van der Waals surface area contributed by atoms with E-state index in [-0.39, 0.29) is 15.6 Å². The van der Waals surface area contributed by atoms with Crippen molar-refractivity contribution in [2.75, 3.05) is 25.5 Å². The van der Waals surface area contributed by atoms with Crippen LogP contribution in [-0.4, -0.2) is 38.8 Å². The van der Waals surface area contributed by atoms with Gasteiger partial charge in [0.1, 0.15) is 11.6 Å². The van der Waals surface area contributed by atoms with E-state index in [4.69, 9.17) is 16.3 Å². The first-order valence-electron chi connectivity index (χ1n) is 7.68.